The molecule has 3 amide bonds. The molecule has 2 aromatic carbocycles. The largest absolute Gasteiger partial charge is 0.326 e. The predicted molar refractivity (Wildman–Crippen MR) is 102 cm³/mol. The average molecular weight is 414 g/mol. The van der Waals surface area contributed by atoms with Crippen LogP contribution in [0.15, 0.2) is 53.0 Å². The van der Waals surface area contributed by atoms with Gasteiger partial charge in [0, 0.05) is 23.1 Å². The van der Waals surface area contributed by atoms with Gasteiger partial charge in [-0.2, -0.15) is 0 Å². The molecule has 1 fully saturated rings. The van der Waals surface area contributed by atoms with Crippen LogP contribution in [0.4, 0.5) is 4.79 Å². The number of urea groups is 1. The van der Waals surface area contributed by atoms with Crippen molar-refractivity contribution in [2.24, 2.45) is 0 Å². The smallest absolute Gasteiger partial charge is 0.319 e. The van der Waals surface area contributed by atoms with Gasteiger partial charge in [-0.25, -0.2) is 9.69 Å². The van der Waals surface area contributed by atoms with Crippen molar-refractivity contribution in [3.8, 4) is 0 Å². The summed E-state index contributed by atoms with van der Waals surface area (Å²) in [6, 6.07) is 15.5. The van der Waals surface area contributed by atoms with Crippen LogP contribution < -0.4 is 5.32 Å². The van der Waals surface area contributed by atoms with Gasteiger partial charge in [-0.05, 0) is 30.5 Å². The van der Waals surface area contributed by atoms with Crippen LogP contribution >= 0.6 is 15.9 Å². The number of carbonyl (C=O) groups excluding carboxylic acids is 2. The zero-order valence-corrected chi connectivity index (χ0v) is 16.1. The SMILES string of the molecule is C[C@@]1(c2ccccc2Br)NC(=O)N(CN2CCc3ccccc3C2)C1=O. The van der Waals surface area contributed by atoms with E-state index in [1.807, 2.05) is 30.3 Å². The van der Waals surface area contributed by atoms with Gasteiger partial charge in [-0.3, -0.25) is 9.69 Å². The quantitative estimate of drug-likeness (QED) is 0.785. The second kappa shape index (κ2) is 6.52. The van der Waals surface area contributed by atoms with Crippen LogP contribution in [-0.4, -0.2) is 35.0 Å². The Morgan fingerprint density at radius 2 is 1.77 bits per heavy atom. The van der Waals surface area contributed by atoms with Crippen molar-refractivity contribution < 1.29 is 9.59 Å². The Bertz CT molecular complexity index is 885. The fourth-order valence-corrected chi connectivity index (χ4v) is 4.43. The first-order valence-electron chi connectivity index (χ1n) is 8.67. The third kappa shape index (κ3) is 2.83. The van der Waals surface area contributed by atoms with E-state index in [0.29, 0.717) is 6.67 Å². The van der Waals surface area contributed by atoms with Gasteiger partial charge >= 0.3 is 6.03 Å². The molecular weight excluding hydrogens is 394 g/mol. The first-order chi connectivity index (χ1) is 12.5. The van der Waals surface area contributed by atoms with Crippen molar-refractivity contribution in [1.29, 1.82) is 0 Å². The van der Waals surface area contributed by atoms with Crippen LogP contribution in [-0.2, 0) is 23.3 Å². The molecule has 0 aromatic heterocycles. The summed E-state index contributed by atoms with van der Waals surface area (Å²) in [5.41, 5.74) is 2.33. The number of carbonyl (C=O) groups is 2. The summed E-state index contributed by atoms with van der Waals surface area (Å²) in [6.45, 7) is 3.65. The molecule has 2 aromatic rings. The second-order valence-electron chi connectivity index (χ2n) is 6.98. The van der Waals surface area contributed by atoms with E-state index in [2.05, 4.69) is 44.3 Å². The Labute approximate surface area is 161 Å². The predicted octanol–water partition coefficient (Wildman–Crippen LogP) is 3.23. The molecule has 6 heteroatoms. The van der Waals surface area contributed by atoms with Crippen molar-refractivity contribution in [1.82, 2.24) is 15.1 Å². The number of hydrogen-bond donors (Lipinski definition) is 1. The highest BCUT2D eigenvalue weighted by molar-refractivity contribution is 9.10. The normalized spacial score (nSPS) is 23.1. The topological polar surface area (TPSA) is 52.7 Å². The molecule has 2 heterocycles. The fourth-order valence-electron chi connectivity index (χ4n) is 3.75. The van der Waals surface area contributed by atoms with E-state index in [9.17, 15) is 9.59 Å². The fraction of sp³-hybridized carbons (Fsp3) is 0.300. The van der Waals surface area contributed by atoms with E-state index in [0.717, 1.165) is 29.5 Å². The van der Waals surface area contributed by atoms with Gasteiger partial charge in [0.25, 0.3) is 5.91 Å². The molecule has 1 saturated heterocycles. The molecule has 1 atom stereocenters. The van der Waals surface area contributed by atoms with Crippen molar-refractivity contribution in [2.45, 2.75) is 25.4 Å². The van der Waals surface area contributed by atoms with Crippen LogP contribution in [0.2, 0.25) is 0 Å². The van der Waals surface area contributed by atoms with E-state index in [1.165, 1.54) is 16.0 Å². The first-order valence-corrected chi connectivity index (χ1v) is 9.46. The Morgan fingerprint density at radius 1 is 1.08 bits per heavy atom. The van der Waals surface area contributed by atoms with Gasteiger partial charge in [0.2, 0.25) is 0 Å². The number of imide groups is 1. The number of nitrogens with zero attached hydrogens (tertiary/aromatic N) is 2. The second-order valence-corrected chi connectivity index (χ2v) is 7.84. The van der Waals surface area contributed by atoms with Crippen LogP contribution in [0.25, 0.3) is 0 Å². The number of benzene rings is 2. The summed E-state index contributed by atoms with van der Waals surface area (Å²) >= 11 is 3.49. The maximum Gasteiger partial charge on any atom is 0.326 e. The molecule has 0 aliphatic carbocycles. The Hall–Kier alpha value is -2.18. The van der Waals surface area contributed by atoms with Crippen LogP contribution in [0.5, 0.6) is 0 Å². The van der Waals surface area contributed by atoms with Crippen LogP contribution in [0.1, 0.15) is 23.6 Å². The lowest BCUT2D eigenvalue weighted by Gasteiger charge is -2.31. The summed E-state index contributed by atoms with van der Waals surface area (Å²) in [4.78, 5) is 29.1. The molecule has 4 rings (SSSR count). The zero-order chi connectivity index (χ0) is 18.3. The molecule has 0 bridgehead atoms. The zero-order valence-electron chi connectivity index (χ0n) is 14.5. The van der Waals surface area contributed by atoms with Gasteiger partial charge in [-0.15, -0.1) is 0 Å². The van der Waals surface area contributed by atoms with E-state index < -0.39 is 5.54 Å². The van der Waals surface area contributed by atoms with Crippen molar-refractivity contribution in [3.05, 3.63) is 69.7 Å². The molecule has 134 valence electrons. The minimum absolute atomic E-state index is 0.215. The Morgan fingerprint density at radius 3 is 2.54 bits per heavy atom. The number of fused-ring (bicyclic) bond motifs is 1. The standard InChI is InChI=1S/C20H20BrN3O2/c1-20(16-8-4-5-9-17(16)21)18(25)24(19(26)22-20)13-23-11-10-14-6-2-3-7-15(14)12-23/h2-9H,10-13H2,1H3,(H,22,26)/t20-/m0/s1. The lowest BCUT2D eigenvalue weighted by molar-refractivity contribution is -0.132. The first kappa shape index (κ1) is 17.2. The Kier molecular flexibility index (Phi) is 4.32. The molecule has 0 saturated carbocycles. The molecule has 2 aliphatic heterocycles. The number of rotatable bonds is 3. The lowest BCUT2D eigenvalue weighted by Crippen LogP contribution is -2.45. The van der Waals surface area contributed by atoms with Crippen molar-refractivity contribution >= 4 is 27.9 Å². The summed E-state index contributed by atoms with van der Waals surface area (Å²) in [5, 5.41) is 2.88. The third-order valence-corrected chi connectivity index (χ3v) is 5.93. The summed E-state index contributed by atoms with van der Waals surface area (Å²) in [7, 11) is 0. The van der Waals surface area contributed by atoms with Crippen LogP contribution in [0.3, 0.4) is 0 Å². The molecular formula is C20H20BrN3O2. The summed E-state index contributed by atoms with van der Waals surface area (Å²) in [5.74, 6) is -0.215. The molecule has 5 nitrogen and oxygen atoms in total. The van der Waals surface area contributed by atoms with Gasteiger partial charge in [0.15, 0.2) is 0 Å². The van der Waals surface area contributed by atoms with E-state index in [4.69, 9.17) is 0 Å². The highest BCUT2D eigenvalue weighted by Crippen LogP contribution is 2.34. The maximum absolute atomic E-state index is 13.1. The van der Waals surface area contributed by atoms with Crippen molar-refractivity contribution in [3.63, 3.8) is 0 Å². The van der Waals surface area contributed by atoms with Gasteiger partial charge in [0.1, 0.15) is 5.54 Å². The minimum Gasteiger partial charge on any atom is -0.319 e. The third-order valence-electron chi connectivity index (χ3n) is 5.24. The van der Waals surface area contributed by atoms with E-state index in [-0.39, 0.29) is 11.9 Å². The highest BCUT2D eigenvalue weighted by Gasteiger charge is 2.50. The molecule has 0 spiro atoms. The average Bonchev–Trinajstić information content (AvgIpc) is 2.86. The van der Waals surface area contributed by atoms with Gasteiger partial charge < -0.3 is 5.32 Å². The summed E-state index contributed by atoms with van der Waals surface area (Å²) in [6.07, 6.45) is 0.932. The molecule has 0 unspecified atom stereocenters. The van der Waals surface area contributed by atoms with Gasteiger partial charge in [0.05, 0.1) is 6.67 Å². The van der Waals surface area contributed by atoms with E-state index >= 15 is 0 Å². The molecule has 0 radical (unpaired) electrons. The minimum atomic E-state index is -1.05. The van der Waals surface area contributed by atoms with Gasteiger partial charge in [-0.1, -0.05) is 58.4 Å². The Balaban J connectivity index is 1.55. The molecule has 26 heavy (non-hydrogen) atoms. The molecule has 2 aliphatic rings. The monoisotopic (exact) mass is 413 g/mol. The van der Waals surface area contributed by atoms with Crippen molar-refractivity contribution in [2.75, 3.05) is 13.2 Å². The highest BCUT2D eigenvalue weighted by atomic mass is 79.9. The van der Waals surface area contributed by atoms with Crippen LogP contribution in [0, 0.1) is 0 Å². The molecule has 1 N–H and O–H groups in total. The lowest BCUT2D eigenvalue weighted by atomic mass is 9.92. The summed E-state index contributed by atoms with van der Waals surface area (Å²) < 4.78 is 0.810. The number of halogens is 1. The number of amides is 3. The maximum atomic E-state index is 13.1. The van der Waals surface area contributed by atoms with E-state index in [1.54, 1.807) is 6.92 Å². The number of nitrogens with one attached hydrogen (secondary N) is 1. The number of hydrogen-bond acceptors (Lipinski definition) is 3.